The average molecular weight is 335 g/mol. The molecule has 2 aromatic rings. The number of aromatic nitrogens is 1. The molecule has 0 spiro atoms. The largest absolute Gasteiger partial charge is 0.478 e. The van der Waals surface area contributed by atoms with E-state index in [0.717, 1.165) is 21.3 Å². The molecule has 104 valence electrons. The molecule has 0 aliphatic heterocycles. The van der Waals surface area contributed by atoms with Crippen LogP contribution in [0.5, 0.6) is 0 Å². The highest BCUT2D eigenvalue weighted by Crippen LogP contribution is 2.27. The third-order valence-corrected chi connectivity index (χ3v) is 3.52. The predicted octanol–water partition coefficient (Wildman–Crippen LogP) is 4.21. The molecule has 1 heterocycles. The number of aromatic carboxylic acids is 1. The molecule has 1 aromatic heterocycles. The molecule has 0 amide bonds. The van der Waals surface area contributed by atoms with Crippen LogP contribution in [0.1, 0.15) is 27.2 Å². The summed E-state index contributed by atoms with van der Waals surface area (Å²) in [5, 5.41) is 12.2. The number of anilines is 2. The number of halogens is 1. The maximum Gasteiger partial charge on any atom is 0.337 e. The summed E-state index contributed by atoms with van der Waals surface area (Å²) in [5.41, 5.74) is 3.90. The third-order valence-electron chi connectivity index (χ3n) is 3.07. The van der Waals surface area contributed by atoms with Crippen molar-refractivity contribution in [1.29, 1.82) is 0 Å². The minimum absolute atomic E-state index is 0.222. The standard InChI is InChI=1S/C15H15BrN2O2/c1-8-6-11(16)7-9(2)14(8)18-13-5-4-12(15(19)20)10(3)17-13/h4-7H,1-3H3,(H,17,18)(H,19,20). The molecule has 4 nitrogen and oxygen atoms in total. The van der Waals surface area contributed by atoms with Crippen LogP contribution >= 0.6 is 15.9 Å². The topological polar surface area (TPSA) is 62.2 Å². The Bertz CT molecular complexity index is 661. The molecule has 20 heavy (non-hydrogen) atoms. The first-order valence-electron chi connectivity index (χ1n) is 6.13. The Hall–Kier alpha value is -1.88. The molecule has 0 saturated heterocycles. The molecule has 0 radical (unpaired) electrons. The number of hydrogen-bond donors (Lipinski definition) is 2. The van der Waals surface area contributed by atoms with Crippen LogP contribution in [0.15, 0.2) is 28.7 Å². The van der Waals surface area contributed by atoms with E-state index in [2.05, 4.69) is 26.2 Å². The normalized spacial score (nSPS) is 10.4. The lowest BCUT2D eigenvalue weighted by Gasteiger charge is -2.13. The predicted molar refractivity (Wildman–Crippen MR) is 82.8 cm³/mol. The van der Waals surface area contributed by atoms with Crippen molar-refractivity contribution in [3.05, 3.63) is 51.1 Å². The Balaban J connectivity index is 2.36. The molecule has 5 heteroatoms. The summed E-state index contributed by atoms with van der Waals surface area (Å²) in [6.45, 7) is 5.72. The van der Waals surface area contributed by atoms with Gasteiger partial charge in [0, 0.05) is 10.2 Å². The maximum atomic E-state index is 11.0. The summed E-state index contributed by atoms with van der Waals surface area (Å²) in [5.74, 6) is -0.321. The van der Waals surface area contributed by atoms with Gasteiger partial charge in [0.25, 0.3) is 0 Å². The molecule has 0 bridgehead atoms. The van der Waals surface area contributed by atoms with Gasteiger partial charge in [-0.3, -0.25) is 0 Å². The van der Waals surface area contributed by atoms with E-state index in [1.54, 1.807) is 19.1 Å². The van der Waals surface area contributed by atoms with E-state index in [-0.39, 0.29) is 5.56 Å². The summed E-state index contributed by atoms with van der Waals surface area (Å²) >= 11 is 3.46. The average Bonchev–Trinajstić information content (AvgIpc) is 2.33. The molecule has 0 aliphatic carbocycles. The molecular formula is C15H15BrN2O2. The van der Waals surface area contributed by atoms with Crippen LogP contribution < -0.4 is 5.32 Å². The van der Waals surface area contributed by atoms with Crippen LogP contribution in [-0.2, 0) is 0 Å². The SMILES string of the molecule is Cc1cc(Br)cc(C)c1Nc1ccc(C(=O)O)c(C)n1. The highest BCUT2D eigenvalue weighted by atomic mass is 79.9. The summed E-state index contributed by atoms with van der Waals surface area (Å²) in [7, 11) is 0. The molecule has 0 atom stereocenters. The number of carboxylic acid groups (broad SMARTS) is 1. The lowest BCUT2D eigenvalue weighted by Crippen LogP contribution is -2.04. The third kappa shape index (κ3) is 2.99. The van der Waals surface area contributed by atoms with E-state index in [4.69, 9.17) is 5.11 Å². The zero-order valence-corrected chi connectivity index (χ0v) is 13.1. The van der Waals surface area contributed by atoms with E-state index in [9.17, 15) is 4.79 Å². The van der Waals surface area contributed by atoms with E-state index >= 15 is 0 Å². The van der Waals surface area contributed by atoms with Crippen molar-refractivity contribution < 1.29 is 9.90 Å². The Morgan fingerprint density at radius 1 is 1.20 bits per heavy atom. The highest BCUT2D eigenvalue weighted by molar-refractivity contribution is 9.10. The Labute approximate surface area is 126 Å². The number of rotatable bonds is 3. The Kier molecular flexibility index (Phi) is 4.09. The lowest BCUT2D eigenvalue weighted by atomic mass is 10.1. The minimum atomic E-state index is -0.961. The van der Waals surface area contributed by atoms with Crippen molar-refractivity contribution >= 4 is 33.4 Å². The Morgan fingerprint density at radius 3 is 2.30 bits per heavy atom. The molecule has 1 aromatic carbocycles. The molecule has 2 rings (SSSR count). The van der Waals surface area contributed by atoms with Gasteiger partial charge < -0.3 is 10.4 Å². The monoisotopic (exact) mass is 334 g/mol. The fraction of sp³-hybridized carbons (Fsp3) is 0.200. The van der Waals surface area contributed by atoms with E-state index in [0.29, 0.717) is 11.5 Å². The molecule has 0 saturated carbocycles. The zero-order chi connectivity index (χ0) is 14.9. The second kappa shape index (κ2) is 5.63. The first-order chi connectivity index (χ1) is 9.38. The van der Waals surface area contributed by atoms with Gasteiger partial charge >= 0.3 is 5.97 Å². The number of nitrogens with zero attached hydrogens (tertiary/aromatic N) is 1. The zero-order valence-electron chi connectivity index (χ0n) is 11.5. The van der Waals surface area contributed by atoms with Crippen molar-refractivity contribution in [2.24, 2.45) is 0 Å². The number of carboxylic acids is 1. The van der Waals surface area contributed by atoms with Crippen LogP contribution in [0.2, 0.25) is 0 Å². The van der Waals surface area contributed by atoms with Crippen molar-refractivity contribution in [2.75, 3.05) is 5.32 Å². The molecule has 2 N–H and O–H groups in total. The summed E-state index contributed by atoms with van der Waals surface area (Å²) in [6.07, 6.45) is 0. The van der Waals surface area contributed by atoms with Gasteiger partial charge in [-0.1, -0.05) is 15.9 Å². The quantitative estimate of drug-likeness (QED) is 0.882. The lowest BCUT2D eigenvalue weighted by molar-refractivity contribution is 0.0695. The van der Waals surface area contributed by atoms with Gasteiger partial charge in [-0.05, 0) is 56.2 Å². The van der Waals surface area contributed by atoms with Gasteiger partial charge in [0.1, 0.15) is 5.82 Å². The van der Waals surface area contributed by atoms with Crippen molar-refractivity contribution in [2.45, 2.75) is 20.8 Å². The van der Waals surface area contributed by atoms with Crippen LogP contribution in [-0.4, -0.2) is 16.1 Å². The fourth-order valence-electron chi connectivity index (χ4n) is 2.09. The number of pyridine rings is 1. The van der Waals surface area contributed by atoms with Crippen LogP contribution in [0.25, 0.3) is 0 Å². The van der Waals surface area contributed by atoms with E-state index in [1.165, 1.54) is 0 Å². The fourth-order valence-corrected chi connectivity index (χ4v) is 2.78. The van der Waals surface area contributed by atoms with Crippen LogP contribution in [0.3, 0.4) is 0 Å². The molecule has 0 fully saturated rings. The van der Waals surface area contributed by atoms with Crippen molar-refractivity contribution in [3.8, 4) is 0 Å². The smallest absolute Gasteiger partial charge is 0.337 e. The molecule has 0 aliphatic rings. The van der Waals surface area contributed by atoms with Crippen LogP contribution in [0, 0.1) is 20.8 Å². The van der Waals surface area contributed by atoms with Gasteiger partial charge in [0.15, 0.2) is 0 Å². The van der Waals surface area contributed by atoms with Gasteiger partial charge in [-0.15, -0.1) is 0 Å². The van der Waals surface area contributed by atoms with Gasteiger partial charge in [-0.25, -0.2) is 9.78 Å². The second-order valence-electron chi connectivity index (χ2n) is 4.67. The van der Waals surface area contributed by atoms with E-state index in [1.807, 2.05) is 26.0 Å². The molecule has 0 unspecified atom stereocenters. The summed E-state index contributed by atoms with van der Waals surface area (Å²) < 4.78 is 1.03. The summed E-state index contributed by atoms with van der Waals surface area (Å²) in [6, 6.07) is 7.29. The number of aryl methyl sites for hydroxylation is 3. The highest BCUT2D eigenvalue weighted by Gasteiger charge is 2.10. The summed E-state index contributed by atoms with van der Waals surface area (Å²) in [4.78, 5) is 15.3. The number of nitrogens with one attached hydrogen (secondary N) is 1. The number of benzene rings is 1. The first kappa shape index (κ1) is 14.5. The minimum Gasteiger partial charge on any atom is -0.478 e. The van der Waals surface area contributed by atoms with Gasteiger partial charge in [0.05, 0.1) is 11.3 Å². The second-order valence-corrected chi connectivity index (χ2v) is 5.59. The Morgan fingerprint density at radius 2 is 1.80 bits per heavy atom. The van der Waals surface area contributed by atoms with Crippen molar-refractivity contribution in [1.82, 2.24) is 4.98 Å². The van der Waals surface area contributed by atoms with Crippen LogP contribution in [0.4, 0.5) is 11.5 Å². The van der Waals surface area contributed by atoms with E-state index < -0.39 is 5.97 Å². The van der Waals surface area contributed by atoms with Gasteiger partial charge in [0.2, 0.25) is 0 Å². The van der Waals surface area contributed by atoms with Gasteiger partial charge in [-0.2, -0.15) is 0 Å². The molecular weight excluding hydrogens is 320 g/mol. The number of carbonyl (C=O) groups is 1. The van der Waals surface area contributed by atoms with Crippen molar-refractivity contribution in [3.63, 3.8) is 0 Å². The number of hydrogen-bond acceptors (Lipinski definition) is 3. The first-order valence-corrected chi connectivity index (χ1v) is 6.92. The maximum absolute atomic E-state index is 11.0.